The van der Waals surface area contributed by atoms with Gasteiger partial charge >= 0.3 is 0 Å². The third-order valence-corrected chi connectivity index (χ3v) is 3.03. The van der Waals surface area contributed by atoms with Crippen LogP contribution in [-0.2, 0) is 4.79 Å². The molecule has 5 heteroatoms. The minimum absolute atomic E-state index is 0.0136. The molecule has 4 nitrogen and oxygen atoms in total. The lowest BCUT2D eigenvalue weighted by Crippen LogP contribution is -2.30. The zero-order valence-corrected chi connectivity index (χ0v) is 11.9. The highest BCUT2D eigenvalue weighted by molar-refractivity contribution is 5.94. The molecule has 0 bridgehead atoms. The van der Waals surface area contributed by atoms with E-state index in [1.807, 2.05) is 25.1 Å². The molecule has 1 unspecified atom stereocenters. The monoisotopic (exact) mass is 288 g/mol. The summed E-state index contributed by atoms with van der Waals surface area (Å²) in [5.74, 6) is -0.194. The van der Waals surface area contributed by atoms with Gasteiger partial charge in [0.2, 0.25) is 0 Å². The van der Waals surface area contributed by atoms with E-state index in [2.05, 4.69) is 5.32 Å². The Morgan fingerprint density at radius 1 is 1.29 bits per heavy atom. The van der Waals surface area contributed by atoms with Crippen LogP contribution < -0.4 is 15.8 Å². The van der Waals surface area contributed by atoms with Gasteiger partial charge in [0.25, 0.3) is 5.91 Å². The van der Waals surface area contributed by atoms with Crippen molar-refractivity contribution in [3.63, 3.8) is 0 Å². The first-order valence-corrected chi connectivity index (χ1v) is 6.55. The summed E-state index contributed by atoms with van der Waals surface area (Å²) in [5.41, 5.74) is 6.82. The highest BCUT2D eigenvalue weighted by Gasteiger charge is 2.16. The van der Waals surface area contributed by atoms with Crippen LogP contribution in [0.3, 0.4) is 0 Å². The van der Waals surface area contributed by atoms with E-state index in [1.54, 1.807) is 13.0 Å². The molecule has 0 aliphatic carbocycles. The Bertz CT molecular complexity index is 658. The Hall–Kier alpha value is -2.56. The molecule has 3 N–H and O–H groups in total. The molecule has 2 aromatic carbocycles. The number of rotatable bonds is 4. The van der Waals surface area contributed by atoms with Gasteiger partial charge in [0.05, 0.1) is 5.69 Å². The molecule has 1 amide bonds. The van der Waals surface area contributed by atoms with E-state index in [9.17, 15) is 9.18 Å². The second-order valence-electron chi connectivity index (χ2n) is 4.75. The predicted octanol–water partition coefficient (Wildman–Crippen LogP) is 3.12. The quantitative estimate of drug-likeness (QED) is 0.850. The third-order valence-electron chi connectivity index (χ3n) is 3.03. The summed E-state index contributed by atoms with van der Waals surface area (Å²) in [4.78, 5) is 12.1. The normalized spacial score (nSPS) is 11.8. The van der Waals surface area contributed by atoms with Crippen molar-refractivity contribution in [1.82, 2.24) is 0 Å². The first kappa shape index (κ1) is 14.8. The van der Waals surface area contributed by atoms with E-state index in [-0.39, 0.29) is 11.6 Å². The second kappa shape index (κ2) is 6.26. The molecule has 0 spiro atoms. The number of carbonyl (C=O) groups is 1. The first-order chi connectivity index (χ1) is 9.97. The van der Waals surface area contributed by atoms with Crippen molar-refractivity contribution in [2.24, 2.45) is 0 Å². The lowest BCUT2D eigenvalue weighted by Gasteiger charge is -2.16. The molecule has 2 rings (SSSR count). The van der Waals surface area contributed by atoms with Crippen molar-refractivity contribution in [2.75, 3.05) is 11.1 Å². The van der Waals surface area contributed by atoms with E-state index in [0.717, 1.165) is 5.56 Å². The fraction of sp³-hybridized carbons (Fsp3) is 0.188. The smallest absolute Gasteiger partial charge is 0.265 e. The number of amides is 1. The van der Waals surface area contributed by atoms with Crippen LogP contribution in [0.4, 0.5) is 15.8 Å². The van der Waals surface area contributed by atoms with Crippen molar-refractivity contribution in [3.05, 3.63) is 53.8 Å². The summed E-state index contributed by atoms with van der Waals surface area (Å²) in [6, 6.07) is 11.5. The number of benzene rings is 2. The molecule has 0 aliphatic heterocycles. The highest BCUT2D eigenvalue weighted by Crippen LogP contribution is 2.19. The molecular weight excluding hydrogens is 271 g/mol. The number of para-hydroxylation sites is 1. The van der Waals surface area contributed by atoms with Gasteiger partial charge in [0.15, 0.2) is 6.10 Å². The maximum absolute atomic E-state index is 13.1. The molecule has 0 saturated carbocycles. The maximum atomic E-state index is 13.1. The van der Waals surface area contributed by atoms with Crippen molar-refractivity contribution in [2.45, 2.75) is 20.0 Å². The Balaban J connectivity index is 2.02. The molecule has 1 atom stereocenters. The number of carbonyl (C=O) groups excluding carboxylic acids is 1. The minimum atomic E-state index is -0.683. The number of hydrogen-bond donors (Lipinski definition) is 2. The first-order valence-electron chi connectivity index (χ1n) is 6.55. The molecule has 2 aromatic rings. The number of nitrogen functional groups attached to an aromatic ring is 1. The minimum Gasteiger partial charge on any atom is -0.481 e. The lowest BCUT2D eigenvalue weighted by molar-refractivity contribution is -0.122. The van der Waals surface area contributed by atoms with Crippen molar-refractivity contribution < 1.29 is 13.9 Å². The van der Waals surface area contributed by atoms with E-state index in [1.165, 1.54) is 18.2 Å². The molecule has 0 aromatic heterocycles. The predicted molar refractivity (Wildman–Crippen MR) is 80.7 cm³/mol. The number of nitrogens with two attached hydrogens (primary N) is 1. The van der Waals surface area contributed by atoms with Gasteiger partial charge < -0.3 is 15.8 Å². The van der Waals surface area contributed by atoms with E-state index < -0.39 is 11.9 Å². The lowest BCUT2D eigenvalue weighted by atomic mass is 10.2. The molecule has 0 saturated heterocycles. The number of aryl methyl sites for hydroxylation is 1. The van der Waals surface area contributed by atoms with Crippen LogP contribution in [0.15, 0.2) is 42.5 Å². The number of halogens is 1. The number of hydrogen-bond acceptors (Lipinski definition) is 3. The topological polar surface area (TPSA) is 64.3 Å². The molecule has 21 heavy (non-hydrogen) atoms. The van der Waals surface area contributed by atoms with Crippen LogP contribution in [0, 0.1) is 12.7 Å². The molecule has 0 heterocycles. The maximum Gasteiger partial charge on any atom is 0.265 e. The Labute approximate surface area is 122 Å². The Morgan fingerprint density at radius 3 is 2.67 bits per heavy atom. The van der Waals surface area contributed by atoms with Crippen LogP contribution in [0.1, 0.15) is 12.5 Å². The number of ether oxygens (including phenoxy) is 1. The molecule has 0 radical (unpaired) electrons. The molecule has 0 aliphatic rings. The van der Waals surface area contributed by atoms with E-state index in [4.69, 9.17) is 10.5 Å². The van der Waals surface area contributed by atoms with Gasteiger partial charge in [-0.15, -0.1) is 0 Å². The van der Waals surface area contributed by atoms with Crippen LogP contribution >= 0.6 is 0 Å². The molecular formula is C16H17FN2O2. The van der Waals surface area contributed by atoms with Crippen LogP contribution in [0.5, 0.6) is 5.75 Å². The highest BCUT2D eigenvalue weighted by atomic mass is 19.1. The van der Waals surface area contributed by atoms with Gasteiger partial charge in [-0.25, -0.2) is 4.39 Å². The summed E-state index contributed by atoms with van der Waals surface area (Å²) in [7, 11) is 0. The fourth-order valence-electron chi connectivity index (χ4n) is 1.80. The van der Waals surface area contributed by atoms with Gasteiger partial charge in [-0.05, 0) is 43.7 Å². The van der Waals surface area contributed by atoms with Gasteiger partial charge in [-0.2, -0.15) is 0 Å². The van der Waals surface area contributed by atoms with E-state index >= 15 is 0 Å². The number of anilines is 2. The standard InChI is InChI=1S/C16H17FN2O2/c1-10-5-3-4-6-15(10)21-11(2)16(20)19-12-7-8-13(17)14(18)9-12/h3-9,11H,18H2,1-2H3,(H,19,20). The summed E-state index contributed by atoms with van der Waals surface area (Å²) in [5, 5.41) is 2.64. The molecule has 0 fully saturated rings. The van der Waals surface area contributed by atoms with Crippen molar-refractivity contribution >= 4 is 17.3 Å². The van der Waals surface area contributed by atoms with Gasteiger partial charge in [0.1, 0.15) is 11.6 Å². The summed E-state index contributed by atoms with van der Waals surface area (Å²) >= 11 is 0. The van der Waals surface area contributed by atoms with Crippen molar-refractivity contribution in [1.29, 1.82) is 0 Å². The van der Waals surface area contributed by atoms with E-state index in [0.29, 0.717) is 11.4 Å². The van der Waals surface area contributed by atoms with Crippen LogP contribution in [0.25, 0.3) is 0 Å². The van der Waals surface area contributed by atoms with Crippen molar-refractivity contribution in [3.8, 4) is 5.75 Å². The zero-order chi connectivity index (χ0) is 15.4. The Kier molecular flexibility index (Phi) is 4.42. The van der Waals surface area contributed by atoms with Crippen LogP contribution in [0.2, 0.25) is 0 Å². The fourth-order valence-corrected chi connectivity index (χ4v) is 1.80. The Morgan fingerprint density at radius 2 is 2.00 bits per heavy atom. The van der Waals surface area contributed by atoms with Gasteiger partial charge in [-0.3, -0.25) is 4.79 Å². The summed E-state index contributed by atoms with van der Waals surface area (Å²) in [6.07, 6.45) is -0.683. The largest absolute Gasteiger partial charge is 0.481 e. The van der Waals surface area contributed by atoms with Gasteiger partial charge in [-0.1, -0.05) is 18.2 Å². The van der Waals surface area contributed by atoms with Crippen LogP contribution in [-0.4, -0.2) is 12.0 Å². The summed E-state index contributed by atoms with van der Waals surface area (Å²) in [6.45, 7) is 3.55. The molecule has 110 valence electrons. The average molecular weight is 288 g/mol. The SMILES string of the molecule is Cc1ccccc1OC(C)C(=O)Nc1ccc(F)c(N)c1. The van der Waals surface area contributed by atoms with Gasteiger partial charge in [0, 0.05) is 5.69 Å². The third kappa shape index (κ3) is 3.72. The zero-order valence-electron chi connectivity index (χ0n) is 11.9. The average Bonchev–Trinajstić information content (AvgIpc) is 2.45. The summed E-state index contributed by atoms with van der Waals surface area (Å²) < 4.78 is 18.7. The second-order valence-corrected chi connectivity index (χ2v) is 4.75. The number of nitrogens with one attached hydrogen (secondary N) is 1.